The zero-order valence-corrected chi connectivity index (χ0v) is 12.3. The molecule has 1 fully saturated rings. The normalized spacial score (nSPS) is 24.0. The Kier molecular flexibility index (Phi) is 4.50. The second kappa shape index (κ2) is 5.92. The number of alkyl halides is 1. The lowest BCUT2D eigenvalue weighted by molar-refractivity contribution is 0.122. The summed E-state index contributed by atoms with van der Waals surface area (Å²) >= 11 is 6.02. The third-order valence-electron chi connectivity index (χ3n) is 3.74. The van der Waals surface area contributed by atoms with Gasteiger partial charge in [0.05, 0.1) is 5.88 Å². The molecule has 0 aromatic carbocycles. The highest BCUT2D eigenvalue weighted by atomic mass is 35.5. The van der Waals surface area contributed by atoms with Gasteiger partial charge in [0.2, 0.25) is 5.88 Å². The zero-order valence-electron chi connectivity index (χ0n) is 11.5. The smallest absolute Gasteiger partial charge is 0.218 e. The van der Waals surface area contributed by atoms with E-state index >= 15 is 0 Å². The van der Waals surface area contributed by atoms with Crippen molar-refractivity contribution >= 4 is 11.6 Å². The molecule has 100 valence electrons. The summed E-state index contributed by atoms with van der Waals surface area (Å²) in [4.78, 5) is 4.52. The third kappa shape index (κ3) is 3.17. The molecule has 1 aromatic rings. The van der Waals surface area contributed by atoms with Crippen molar-refractivity contribution in [2.24, 2.45) is 5.92 Å². The second-order valence-electron chi connectivity index (χ2n) is 5.51. The monoisotopic (exact) mass is 267 g/mol. The molecule has 0 radical (unpaired) electrons. The van der Waals surface area contributed by atoms with Crippen molar-refractivity contribution < 1.29 is 4.74 Å². The van der Waals surface area contributed by atoms with Gasteiger partial charge in [0, 0.05) is 11.3 Å². The first-order valence-electron chi connectivity index (χ1n) is 6.80. The van der Waals surface area contributed by atoms with Gasteiger partial charge in [0.15, 0.2) is 0 Å². The van der Waals surface area contributed by atoms with Crippen molar-refractivity contribution in [2.75, 3.05) is 0 Å². The summed E-state index contributed by atoms with van der Waals surface area (Å²) in [5.41, 5.74) is 3.22. The summed E-state index contributed by atoms with van der Waals surface area (Å²) in [7, 11) is 0. The van der Waals surface area contributed by atoms with Crippen LogP contribution in [0.2, 0.25) is 0 Å². The second-order valence-corrected chi connectivity index (χ2v) is 5.78. The maximum atomic E-state index is 6.11. The maximum Gasteiger partial charge on any atom is 0.218 e. The summed E-state index contributed by atoms with van der Waals surface area (Å²) in [6.45, 7) is 6.37. The summed E-state index contributed by atoms with van der Waals surface area (Å²) in [6.07, 6.45) is 5.16. The highest BCUT2D eigenvalue weighted by Gasteiger charge is 2.22. The maximum absolute atomic E-state index is 6.11. The molecular weight excluding hydrogens is 246 g/mol. The van der Waals surface area contributed by atoms with Crippen LogP contribution in [0, 0.1) is 19.8 Å². The summed E-state index contributed by atoms with van der Waals surface area (Å²) < 4.78 is 6.11. The number of pyridine rings is 1. The fourth-order valence-electron chi connectivity index (χ4n) is 2.73. The lowest BCUT2D eigenvalue weighted by Crippen LogP contribution is -2.25. The molecule has 0 bridgehead atoms. The third-order valence-corrected chi connectivity index (χ3v) is 4.00. The van der Waals surface area contributed by atoms with E-state index in [4.69, 9.17) is 16.3 Å². The van der Waals surface area contributed by atoms with Gasteiger partial charge in [-0.25, -0.2) is 4.98 Å². The molecule has 2 unspecified atom stereocenters. The molecule has 1 aliphatic rings. The minimum atomic E-state index is 0.310. The van der Waals surface area contributed by atoms with Crippen LogP contribution in [0.3, 0.4) is 0 Å². The zero-order chi connectivity index (χ0) is 13.1. The Labute approximate surface area is 115 Å². The van der Waals surface area contributed by atoms with Crippen LogP contribution in [0.1, 0.15) is 49.4 Å². The first kappa shape index (κ1) is 13.7. The van der Waals surface area contributed by atoms with Gasteiger partial charge in [-0.3, -0.25) is 0 Å². The van der Waals surface area contributed by atoms with Gasteiger partial charge in [0.1, 0.15) is 6.10 Å². The van der Waals surface area contributed by atoms with Gasteiger partial charge in [-0.2, -0.15) is 0 Å². The highest BCUT2D eigenvalue weighted by molar-refractivity contribution is 6.17. The molecular formula is C15H22ClNO. The van der Waals surface area contributed by atoms with E-state index in [1.54, 1.807) is 0 Å². The standard InChI is InChI=1S/C15H22ClNO/c1-10-5-4-6-13(7-10)18-15-14(9-16)11(2)8-12(3)17-15/h8,10,13H,4-7,9H2,1-3H3. The van der Waals surface area contributed by atoms with E-state index in [0.29, 0.717) is 12.0 Å². The minimum absolute atomic E-state index is 0.310. The molecule has 18 heavy (non-hydrogen) atoms. The predicted molar refractivity (Wildman–Crippen MR) is 75.3 cm³/mol. The molecule has 2 rings (SSSR count). The van der Waals surface area contributed by atoms with E-state index in [0.717, 1.165) is 35.9 Å². The first-order chi connectivity index (χ1) is 8.60. The van der Waals surface area contributed by atoms with Gasteiger partial charge in [-0.1, -0.05) is 13.3 Å². The lowest BCUT2D eigenvalue weighted by Gasteiger charge is -2.27. The molecule has 1 heterocycles. The molecule has 0 saturated heterocycles. The van der Waals surface area contributed by atoms with Crippen LogP contribution in [0.25, 0.3) is 0 Å². The summed E-state index contributed by atoms with van der Waals surface area (Å²) in [5.74, 6) is 1.98. The Morgan fingerprint density at radius 3 is 2.83 bits per heavy atom. The van der Waals surface area contributed by atoms with E-state index in [2.05, 4.69) is 24.9 Å². The average molecular weight is 268 g/mol. The molecule has 0 spiro atoms. The lowest BCUT2D eigenvalue weighted by atomic mass is 9.89. The molecule has 3 heteroatoms. The van der Waals surface area contributed by atoms with Crippen molar-refractivity contribution in [1.29, 1.82) is 0 Å². The van der Waals surface area contributed by atoms with Gasteiger partial charge in [-0.15, -0.1) is 11.6 Å². The predicted octanol–water partition coefficient (Wildman–Crippen LogP) is 4.39. The first-order valence-corrected chi connectivity index (χ1v) is 7.33. The topological polar surface area (TPSA) is 22.1 Å². The van der Waals surface area contributed by atoms with Crippen molar-refractivity contribution in [3.8, 4) is 5.88 Å². The Hall–Kier alpha value is -0.760. The van der Waals surface area contributed by atoms with Crippen LogP contribution in [-0.2, 0) is 5.88 Å². The summed E-state index contributed by atoms with van der Waals surface area (Å²) in [6, 6.07) is 2.06. The Bertz CT molecular complexity index is 419. The fraction of sp³-hybridized carbons (Fsp3) is 0.667. The Balaban J connectivity index is 2.17. The van der Waals surface area contributed by atoms with E-state index in [9.17, 15) is 0 Å². The molecule has 1 saturated carbocycles. The van der Waals surface area contributed by atoms with Gasteiger partial charge < -0.3 is 4.74 Å². The molecule has 0 amide bonds. The molecule has 2 nitrogen and oxygen atoms in total. The van der Waals surface area contributed by atoms with Crippen molar-refractivity contribution in [3.05, 3.63) is 22.9 Å². The molecule has 1 aromatic heterocycles. The number of aryl methyl sites for hydroxylation is 2. The number of halogens is 1. The number of nitrogens with zero attached hydrogens (tertiary/aromatic N) is 1. The Morgan fingerprint density at radius 2 is 2.17 bits per heavy atom. The number of hydrogen-bond acceptors (Lipinski definition) is 2. The number of hydrogen-bond donors (Lipinski definition) is 0. The van der Waals surface area contributed by atoms with Crippen molar-refractivity contribution in [3.63, 3.8) is 0 Å². The van der Waals surface area contributed by atoms with Gasteiger partial charge in [-0.05, 0) is 50.7 Å². The van der Waals surface area contributed by atoms with E-state index in [1.807, 2.05) is 6.92 Å². The van der Waals surface area contributed by atoms with Crippen LogP contribution >= 0.6 is 11.6 Å². The number of ether oxygens (including phenoxy) is 1. The van der Waals surface area contributed by atoms with Gasteiger partial charge >= 0.3 is 0 Å². The SMILES string of the molecule is Cc1cc(C)c(CCl)c(OC2CCCC(C)C2)n1. The van der Waals surface area contributed by atoms with E-state index in [-0.39, 0.29) is 0 Å². The van der Waals surface area contributed by atoms with Crippen LogP contribution in [0.4, 0.5) is 0 Å². The average Bonchev–Trinajstić information content (AvgIpc) is 2.28. The quantitative estimate of drug-likeness (QED) is 0.758. The number of aromatic nitrogens is 1. The minimum Gasteiger partial charge on any atom is -0.474 e. The molecule has 0 N–H and O–H groups in total. The molecule has 1 aliphatic carbocycles. The number of rotatable bonds is 3. The fourth-order valence-corrected chi connectivity index (χ4v) is 3.06. The van der Waals surface area contributed by atoms with Crippen LogP contribution < -0.4 is 4.74 Å². The largest absolute Gasteiger partial charge is 0.474 e. The summed E-state index contributed by atoms with van der Waals surface area (Å²) in [5, 5.41) is 0. The molecule has 0 aliphatic heterocycles. The van der Waals surface area contributed by atoms with Crippen molar-refractivity contribution in [1.82, 2.24) is 4.98 Å². The van der Waals surface area contributed by atoms with Gasteiger partial charge in [0.25, 0.3) is 0 Å². The Morgan fingerprint density at radius 1 is 1.39 bits per heavy atom. The van der Waals surface area contributed by atoms with Crippen LogP contribution in [-0.4, -0.2) is 11.1 Å². The highest BCUT2D eigenvalue weighted by Crippen LogP contribution is 2.30. The van der Waals surface area contributed by atoms with Crippen molar-refractivity contribution in [2.45, 2.75) is 58.4 Å². The van der Waals surface area contributed by atoms with E-state index < -0.39 is 0 Å². The molecule has 2 atom stereocenters. The van der Waals surface area contributed by atoms with Crippen LogP contribution in [0.5, 0.6) is 5.88 Å². The van der Waals surface area contributed by atoms with Crippen LogP contribution in [0.15, 0.2) is 6.07 Å². The van der Waals surface area contributed by atoms with E-state index in [1.165, 1.54) is 18.4 Å².